The summed E-state index contributed by atoms with van der Waals surface area (Å²) >= 11 is 0. The first-order chi connectivity index (χ1) is 38.2. The van der Waals surface area contributed by atoms with Gasteiger partial charge in [0.25, 0.3) is 17.4 Å². The molecule has 4 aliphatic rings. The van der Waals surface area contributed by atoms with Crippen LogP contribution in [0.5, 0.6) is 11.5 Å². The second kappa shape index (κ2) is 24.5. The number of pyridine rings is 2. The van der Waals surface area contributed by atoms with Gasteiger partial charge in [-0.1, -0.05) is 32.9 Å². The summed E-state index contributed by atoms with van der Waals surface area (Å²) in [5, 5.41) is 42.9. The smallest absolute Gasteiger partial charge is 0.481 e. The third kappa shape index (κ3) is 12.6. The molecule has 0 bridgehead atoms. The van der Waals surface area contributed by atoms with Crippen molar-refractivity contribution >= 4 is 70.1 Å². The lowest BCUT2D eigenvalue weighted by atomic mass is 9.85. The summed E-state index contributed by atoms with van der Waals surface area (Å²) in [6, 6.07) is 7.18. The van der Waals surface area contributed by atoms with Crippen molar-refractivity contribution in [2.45, 2.75) is 116 Å². The van der Waals surface area contributed by atoms with E-state index in [0.29, 0.717) is 44.9 Å². The molecule has 0 aliphatic carbocycles. The monoisotopic (exact) mass is 1110 g/mol. The highest BCUT2D eigenvalue weighted by atomic mass is 16.7. The zero-order valence-corrected chi connectivity index (χ0v) is 44.1. The van der Waals surface area contributed by atoms with E-state index in [1.807, 2.05) is 0 Å². The van der Waals surface area contributed by atoms with E-state index in [0.717, 1.165) is 22.6 Å². The zero-order valence-electron chi connectivity index (χ0n) is 44.1. The molecule has 0 radical (unpaired) electrons. The maximum Gasteiger partial charge on any atom is 0.510 e. The van der Waals surface area contributed by atoms with Gasteiger partial charge in [0.05, 0.1) is 41.7 Å². The summed E-state index contributed by atoms with van der Waals surface area (Å²) in [6.45, 7) is 5.42. The molecule has 2 aromatic heterocycles. The van der Waals surface area contributed by atoms with E-state index in [1.165, 1.54) is 35.8 Å². The van der Waals surface area contributed by atoms with Crippen LogP contribution in [0.1, 0.15) is 87.6 Å². The summed E-state index contributed by atoms with van der Waals surface area (Å²) < 4.78 is 29.5. The number of carboxylic acids is 1. The van der Waals surface area contributed by atoms with Crippen molar-refractivity contribution in [1.82, 2.24) is 35.7 Å². The van der Waals surface area contributed by atoms with Gasteiger partial charge in [-0.15, -0.1) is 0 Å². The molecule has 4 aliphatic heterocycles. The van der Waals surface area contributed by atoms with Crippen molar-refractivity contribution in [3.05, 3.63) is 92.8 Å². The number of cyclic esters (lactones) is 1. The number of carbonyl (C=O) groups is 9. The Morgan fingerprint density at radius 2 is 1.56 bits per heavy atom. The molecular weight excluding hydrogens is 1050 g/mol. The van der Waals surface area contributed by atoms with Crippen molar-refractivity contribution < 1.29 is 82.2 Å². The standard InChI is InChI=1S/C54H60N8O18/c1-5-54(36-18-40-47-34(22-62(40)51(73)35(36)25-76-52(54)74)33(21-55-20-31(64)23-63)32-17-41-42(79-26-78-41)19-38(32)59-47)80-53(75)77-24-29-6-8-30(9-7-29)57-49(71)37(10-13-46(68)69)60-48(70)28(4)56-50(72)39(16-27(2)3)58-43(65)14-15-61-44(66)11-12-45(61)67/h6-9,11-12,17-19,27-28,31,37,39,55,63-64H,5,10,13-16,20-26H2,1-4H3,(H,56,72)(H,57,71)(H,58,65)(H,60,70)(H,68,69)/t28-,31?,37-,39+,54-/m0/s1. The number of aliphatic hydroxyl groups is 2. The Balaban J connectivity index is 0.906. The Hall–Kier alpha value is -8.75. The number of hydrogen-bond acceptors (Lipinski definition) is 19. The van der Waals surface area contributed by atoms with Crippen molar-refractivity contribution in [2.24, 2.45) is 5.92 Å². The molecule has 0 spiro atoms. The fourth-order valence-corrected chi connectivity index (χ4v) is 9.61. The molecule has 80 heavy (non-hydrogen) atoms. The van der Waals surface area contributed by atoms with Crippen LogP contribution in [0.2, 0.25) is 0 Å². The largest absolute Gasteiger partial charge is 0.510 e. The molecule has 0 fully saturated rings. The van der Waals surface area contributed by atoms with Gasteiger partial charge in [-0.3, -0.25) is 43.3 Å². The van der Waals surface area contributed by atoms with Crippen LogP contribution in [-0.4, -0.2) is 134 Å². The minimum Gasteiger partial charge on any atom is -0.481 e. The van der Waals surface area contributed by atoms with Gasteiger partial charge in [-0.2, -0.15) is 0 Å². The summed E-state index contributed by atoms with van der Waals surface area (Å²) in [5.74, 6) is -5.44. The lowest BCUT2D eigenvalue weighted by Gasteiger charge is -2.35. The number of carbonyl (C=O) groups excluding carboxylic acids is 8. The van der Waals surface area contributed by atoms with Gasteiger partial charge >= 0.3 is 18.1 Å². The van der Waals surface area contributed by atoms with E-state index in [2.05, 4.69) is 26.6 Å². The Kier molecular flexibility index (Phi) is 17.6. The number of anilines is 1. The van der Waals surface area contributed by atoms with E-state index in [9.17, 15) is 63.3 Å². The highest BCUT2D eigenvalue weighted by Crippen LogP contribution is 2.44. The quantitative estimate of drug-likeness (QED) is 0.0318. The van der Waals surface area contributed by atoms with Crippen LogP contribution in [0.15, 0.2) is 59.4 Å². The fraction of sp³-hybridized carbons (Fsp3) is 0.426. The predicted molar refractivity (Wildman–Crippen MR) is 278 cm³/mol. The molecule has 1 unspecified atom stereocenters. The normalized spacial score (nSPS) is 17.2. The van der Waals surface area contributed by atoms with Gasteiger partial charge in [-0.25, -0.2) is 14.6 Å². The lowest BCUT2D eigenvalue weighted by molar-refractivity contribution is -0.175. The second-order valence-electron chi connectivity index (χ2n) is 19.9. The number of imide groups is 1. The highest BCUT2D eigenvalue weighted by Gasteiger charge is 2.51. The number of rotatable bonds is 24. The zero-order chi connectivity index (χ0) is 57.6. The number of hydrogen-bond donors (Lipinski definition) is 8. The molecule has 0 saturated carbocycles. The van der Waals surface area contributed by atoms with Crippen LogP contribution in [-0.2, 0) is 84.5 Å². The average molecular weight is 1110 g/mol. The van der Waals surface area contributed by atoms with Crippen LogP contribution in [0.4, 0.5) is 10.5 Å². The molecule has 26 nitrogen and oxygen atoms in total. The van der Waals surface area contributed by atoms with Gasteiger partial charge < -0.3 is 70.2 Å². The van der Waals surface area contributed by atoms with E-state index < -0.39 is 115 Å². The van der Waals surface area contributed by atoms with Crippen molar-refractivity contribution in [3.63, 3.8) is 0 Å². The van der Waals surface area contributed by atoms with Crippen molar-refractivity contribution in [1.29, 1.82) is 0 Å². The molecule has 5 atom stereocenters. The second-order valence-corrected chi connectivity index (χ2v) is 19.9. The first-order valence-electron chi connectivity index (χ1n) is 25.8. The van der Waals surface area contributed by atoms with Crippen molar-refractivity contribution in [2.75, 3.05) is 31.8 Å². The van der Waals surface area contributed by atoms with Gasteiger partial charge in [0, 0.05) is 72.9 Å². The summed E-state index contributed by atoms with van der Waals surface area (Å²) in [6.07, 6.45) is -1.27. The summed E-state index contributed by atoms with van der Waals surface area (Å²) in [4.78, 5) is 136. The summed E-state index contributed by atoms with van der Waals surface area (Å²) in [7, 11) is 0. The van der Waals surface area contributed by atoms with E-state index >= 15 is 0 Å². The SMILES string of the molecule is CC[C@@]1(OC(=O)OCc2ccc(NC(=O)[C@H](CCC(=O)O)NC(=O)[C@H](C)NC(=O)[C@@H](CC(C)C)NC(=O)CCN3C(=O)C=CC3=O)cc2)C(=O)OCc2c1cc1n(c2=O)Cc2c-1nc1cc3c(cc1c2CNCC(O)CO)OCO3. The molecular formula is C54H60N8O18. The van der Waals surface area contributed by atoms with Crippen LogP contribution >= 0.6 is 0 Å². The number of aliphatic hydroxyl groups excluding tert-OH is 2. The van der Waals surface area contributed by atoms with Crippen LogP contribution < -0.4 is 41.6 Å². The first-order valence-corrected chi connectivity index (χ1v) is 25.8. The maximum atomic E-state index is 14.4. The van der Waals surface area contributed by atoms with Gasteiger partial charge in [-0.05, 0) is 67.5 Å². The number of aromatic nitrogens is 2. The van der Waals surface area contributed by atoms with E-state index in [4.69, 9.17) is 28.7 Å². The minimum absolute atomic E-state index is 0.0119. The molecule has 4 aromatic rings. The van der Waals surface area contributed by atoms with Gasteiger partial charge in [0.2, 0.25) is 36.0 Å². The predicted octanol–water partition coefficient (Wildman–Crippen LogP) is 1.25. The number of ether oxygens (including phenoxy) is 5. The molecule has 6 heterocycles. The van der Waals surface area contributed by atoms with Crippen LogP contribution in [0.25, 0.3) is 22.3 Å². The fourth-order valence-electron chi connectivity index (χ4n) is 9.61. The number of nitrogens with one attached hydrogen (secondary N) is 5. The third-order valence-corrected chi connectivity index (χ3v) is 13.8. The number of fused-ring (bicyclic) bond motifs is 6. The number of amides is 6. The number of esters is 1. The molecule has 8 rings (SSSR count). The maximum absolute atomic E-state index is 14.4. The molecule has 424 valence electrons. The first kappa shape index (κ1) is 57.4. The van der Waals surface area contributed by atoms with Gasteiger partial charge in [0.1, 0.15) is 31.3 Å². The number of aliphatic carboxylic acids is 1. The van der Waals surface area contributed by atoms with Gasteiger partial charge in [0.15, 0.2) is 11.5 Å². The van der Waals surface area contributed by atoms with E-state index in [-0.39, 0.29) is 81.4 Å². The van der Waals surface area contributed by atoms with Crippen LogP contribution in [0, 0.1) is 5.92 Å². The van der Waals surface area contributed by atoms with Crippen molar-refractivity contribution in [3.8, 4) is 22.9 Å². The van der Waals surface area contributed by atoms with E-state index in [1.54, 1.807) is 39.0 Å². The third-order valence-electron chi connectivity index (χ3n) is 13.8. The molecule has 6 amide bonds. The molecule has 0 saturated heterocycles. The number of benzene rings is 2. The number of nitrogens with zero attached hydrogens (tertiary/aromatic N) is 3. The van der Waals surface area contributed by atoms with Crippen LogP contribution in [0.3, 0.4) is 0 Å². The topological polar surface area (TPSA) is 359 Å². The number of carboxylic acid groups (broad SMARTS) is 1. The Bertz CT molecular complexity index is 3230. The molecule has 2 aromatic carbocycles. The molecule has 8 N–H and O–H groups in total. The Morgan fingerprint density at radius 1 is 0.850 bits per heavy atom. The summed E-state index contributed by atoms with van der Waals surface area (Å²) in [5.41, 5.74) is 0.799. The Morgan fingerprint density at radius 3 is 2.24 bits per heavy atom. The molecule has 26 heteroatoms. The minimum atomic E-state index is -2.12. The highest BCUT2D eigenvalue weighted by molar-refractivity contribution is 6.13. The Labute approximate surface area is 456 Å². The average Bonchev–Trinajstić information content (AvgIpc) is 4.28. The lowest BCUT2D eigenvalue weighted by Crippen LogP contribution is -2.55.